The number of halogens is 1. The van der Waals surface area contributed by atoms with E-state index in [1.807, 2.05) is 18.2 Å². The summed E-state index contributed by atoms with van der Waals surface area (Å²) in [5.74, 6) is -0.510. The third-order valence-electron chi connectivity index (χ3n) is 2.73. The van der Waals surface area contributed by atoms with Gasteiger partial charge in [-0.3, -0.25) is 4.98 Å². The van der Waals surface area contributed by atoms with Crippen LogP contribution in [-0.4, -0.2) is 4.98 Å². The highest BCUT2D eigenvalue weighted by Gasteiger charge is 2.08. The molecule has 6 heteroatoms. The Morgan fingerprint density at radius 3 is 2.79 bits per heavy atom. The zero-order valence-corrected chi connectivity index (χ0v) is 10.5. The number of nitrogens with two attached hydrogens (primary N) is 1. The molecule has 2 aromatic carbocycles. The molecule has 1 heterocycles. The molecule has 0 fully saturated rings. The first kappa shape index (κ1) is 11.7. The Labute approximate surface area is 113 Å². The molecule has 0 atom stereocenters. The van der Waals surface area contributed by atoms with Crippen LogP contribution >= 0.6 is 11.6 Å². The number of hydrogen-bond acceptors (Lipinski definition) is 4. The molecule has 4 N–H and O–H groups in total. The van der Waals surface area contributed by atoms with Crippen molar-refractivity contribution in [1.29, 1.82) is 0 Å². The molecule has 96 valence electrons. The Hall–Kier alpha value is -2.40. The maximum Gasteiger partial charge on any atom is 0.417 e. The Morgan fingerprint density at radius 1 is 1.21 bits per heavy atom. The zero-order valence-electron chi connectivity index (χ0n) is 9.74. The van der Waals surface area contributed by atoms with Gasteiger partial charge < -0.3 is 15.5 Å². The molecular formula is C13H10ClN3O2. The second-order valence-electron chi connectivity index (χ2n) is 4.05. The SMILES string of the molecule is Nc1cc2oc(=O)[nH]c2cc1Nc1ccccc1Cl. The van der Waals surface area contributed by atoms with Gasteiger partial charge >= 0.3 is 5.76 Å². The van der Waals surface area contributed by atoms with E-state index in [0.29, 0.717) is 27.5 Å². The number of aromatic amines is 1. The van der Waals surface area contributed by atoms with Crippen LogP contribution in [0.4, 0.5) is 17.1 Å². The third kappa shape index (κ3) is 2.15. The summed E-state index contributed by atoms with van der Waals surface area (Å²) in [6.07, 6.45) is 0. The lowest BCUT2D eigenvalue weighted by Gasteiger charge is -2.10. The summed E-state index contributed by atoms with van der Waals surface area (Å²) in [5.41, 5.74) is 8.77. The largest absolute Gasteiger partial charge is 0.417 e. The minimum atomic E-state index is -0.510. The zero-order chi connectivity index (χ0) is 13.4. The first-order valence-electron chi connectivity index (χ1n) is 5.57. The van der Waals surface area contributed by atoms with Gasteiger partial charge in [0.15, 0.2) is 5.58 Å². The fourth-order valence-corrected chi connectivity index (χ4v) is 2.01. The van der Waals surface area contributed by atoms with E-state index in [2.05, 4.69) is 10.3 Å². The van der Waals surface area contributed by atoms with Gasteiger partial charge in [-0.1, -0.05) is 23.7 Å². The number of rotatable bonds is 2. The fraction of sp³-hybridized carbons (Fsp3) is 0. The van der Waals surface area contributed by atoms with Crippen LogP contribution in [-0.2, 0) is 0 Å². The van der Waals surface area contributed by atoms with Gasteiger partial charge in [0.1, 0.15) is 0 Å². The molecule has 3 rings (SSSR count). The van der Waals surface area contributed by atoms with E-state index in [1.54, 1.807) is 18.2 Å². The fourth-order valence-electron chi connectivity index (χ4n) is 1.83. The van der Waals surface area contributed by atoms with Crippen LogP contribution in [0.2, 0.25) is 5.02 Å². The van der Waals surface area contributed by atoms with Crippen molar-refractivity contribution in [2.45, 2.75) is 0 Å². The van der Waals surface area contributed by atoms with Crippen molar-refractivity contribution >= 4 is 39.8 Å². The van der Waals surface area contributed by atoms with E-state index in [9.17, 15) is 4.79 Å². The lowest BCUT2D eigenvalue weighted by atomic mass is 10.2. The molecule has 0 unspecified atom stereocenters. The van der Waals surface area contributed by atoms with Crippen molar-refractivity contribution in [1.82, 2.24) is 4.98 Å². The van der Waals surface area contributed by atoms with Crippen molar-refractivity contribution in [3.05, 3.63) is 52.0 Å². The van der Waals surface area contributed by atoms with Crippen LogP contribution < -0.4 is 16.8 Å². The van der Waals surface area contributed by atoms with Crippen molar-refractivity contribution in [2.75, 3.05) is 11.1 Å². The monoisotopic (exact) mass is 275 g/mol. The Balaban J connectivity index is 2.07. The van der Waals surface area contributed by atoms with E-state index in [4.69, 9.17) is 21.8 Å². The smallest absolute Gasteiger partial charge is 0.408 e. The van der Waals surface area contributed by atoms with Gasteiger partial charge in [-0.2, -0.15) is 0 Å². The van der Waals surface area contributed by atoms with E-state index in [0.717, 1.165) is 5.69 Å². The van der Waals surface area contributed by atoms with Crippen LogP contribution in [0.1, 0.15) is 0 Å². The second kappa shape index (κ2) is 4.37. The van der Waals surface area contributed by atoms with Gasteiger partial charge in [0.2, 0.25) is 0 Å². The van der Waals surface area contributed by atoms with Gasteiger partial charge in [0.25, 0.3) is 0 Å². The highest BCUT2D eigenvalue weighted by atomic mass is 35.5. The minimum absolute atomic E-state index is 0.423. The topological polar surface area (TPSA) is 84.0 Å². The highest BCUT2D eigenvalue weighted by molar-refractivity contribution is 6.33. The number of hydrogen-bond donors (Lipinski definition) is 3. The molecule has 0 amide bonds. The summed E-state index contributed by atoms with van der Waals surface area (Å²) < 4.78 is 4.93. The van der Waals surface area contributed by atoms with Gasteiger partial charge in [-0.25, -0.2) is 4.79 Å². The predicted molar refractivity (Wildman–Crippen MR) is 76.0 cm³/mol. The number of H-pyrrole nitrogens is 1. The molecule has 0 saturated carbocycles. The summed E-state index contributed by atoms with van der Waals surface area (Å²) in [6, 6.07) is 10.6. The first-order valence-corrected chi connectivity index (χ1v) is 5.95. The molecule has 1 aromatic heterocycles. The number of nitrogens with one attached hydrogen (secondary N) is 2. The molecule has 0 saturated heterocycles. The average Bonchev–Trinajstić information content (AvgIpc) is 2.71. The summed E-state index contributed by atoms with van der Waals surface area (Å²) >= 11 is 6.07. The number of oxazole rings is 1. The standard InChI is InChI=1S/C13H10ClN3O2/c14-7-3-1-2-4-9(7)16-10-6-11-12(5-8(10)15)19-13(18)17-11/h1-6,16H,15H2,(H,17,18). The number of nitrogen functional groups attached to an aromatic ring is 1. The van der Waals surface area contributed by atoms with Crippen LogP contribution in [0, 0.1) is 0 Å². The van der Waals surface area contributed by atoms with Gasteiger partial charge in [-0.05, 0) is 18.2 Å². The van der Waals surface area contributed by atoms with E-state index < -0.39 is 5.76 Å². The van der Waals surface area contributed by atoms with E-state index >= 15 is 0 Å². The molecule has 0 aliphatic rings. The summed E-state index contributed by atoms with van der Waals surface area (Å²) in [5, 5.41) is 3.71. The number of anilines is 3. The lowest BCUT2D eigenvalue weighted by molar-refractivity contribution is 0.555. The average molecular weight is 276 g/mol. The van der Waals surface area contributed by atoms with Crippen LogP contribution in [0.3, 0.4) is 0 Å². The maximum atomic E-state index is 11.1. The highest BCUT2D eigenvalue weighted by Crippen LogP contribution is 2.30. The van der Waals surface area contributed by atoms with Gasteiger partial charge in [0, 0.05) is 6.07 Å². The molecule has 3 aromatic rings. The van der Waals surface area contributed by atoms with Crippen LogP contribution in [0.5, 0.6) is 0 Å². The van der Waals surface area contributed by atoms with Crippen molar-refractivity contribution in [3.8, 4) is 0 Å². The minimum Gasteiger partial charge on any atom is -0.408 e. The molecule has 5 nitrogen and oxygen atoms in total. The number of aromatic nitrogens is 1. The molecule has 0 aliphatic heterocycles. The summed E-state index contributed by atoms with van der Waals surface area (Å²) in [7, 11) is 0. The lowest BCUT2D eigenvalue weighted by Crippen LogP contribution is -1.97. The third-order valence-corrected chi connectivity index (χ3v) is 3.06. The number of para-hydroxylation sites is 1. The Kier molecular flexibility index (Phi) is 2.68. The second-order valence-corrected chi connectivity index (χ2v) is 4.46. The Morgan fingerprint density at radius 2 is 2.00 bits per heavy atom. The normalized spacial score (nSPS) is 10.8. The number of benzene rings is 2. The molecule has 0 aliphatic carbocycles. The van der Waals surface area contributed by atoms with Crippen molar-refractivity contribution < 1.29 is 4.42 Å². The predicted octanol–water partition coefficient (Wildman–Crippen LogP) is 3.10. The van der Waals surface area contributed by atoms with Crippen molar-refractivity contribution in [3.63, 3.8) is 0 Å². The van der Waals surface area contributed by atoms with Crippen LogP contribution in [0.15, 0.2) is 45.6 Å². The molecule has 19 heavy (non-hydrogen) atoms. The molecular weight excluding hydrogens is 266 g/mol. The van der Waals surface area contributed by atoms with Gasteiger partial charge in [-0.15, -0.1) is 0 Å². The Bertz CT molecular complexity index is 807. The molecule has 0 spiro atoms. The van der Waals surface area contributed by atoms with Crippen LogP contribution in [0.25, 0.3) is 11.1 Å². The maximum absolute atomic E-state index is 11.1. The summed E-state index contributed by atoms with van der Waals surface area (Å²) in [6.45, 7) is 0. The summed E-state index contributed by atoms with van der Waals surface area (Å²) in [4.78, 5) is 13.7. The first-order chi connectivity index (χ1) is 9.13. The molecule has 0 radical (unpaired) electrons. The molecule has 0 bridgehead atoms. The van der Waals surface area contributed by atoms with E-state index in [1.165, 1.54) is 0 Å². The van der Waals surface area contributed by atoms with E-state index in [-0.39, 0.29) is 0 Å². The number of fused-ring (bicyclic) bond motifs is 1. The quantitative estimate of drug-likeness (QED) is 0.628. The van der Waals surface area contributed by atoms with Crippen molar-refractivity contribution in [2.24, 2.45) is 0 Å². The van der Waals surface area contributed by atoms with Gasteiger partial charge in [0.05, 0.1) is 27.6 Å².